The molecular formula is C24H29ClINO3. The van der Waals surface area contributed by atoms with Crippen LogP contribution in [0, 0.1) is 3.57 Å². The summed E-state index contributed by atoms with van der Waals surface area (Å²) in [5, 5.41) is 0. The maximum atomic E-state index is 12.6. The van der Waals surface area contributed by atoms with Gasteiger partial charge in [0.15, 0.2) is 5.78 Å². The Kier molecular flexibility index (Phi) is 10.1. The number of halogens is 2. The molecule has 4 nitrogen and oxygen atoms in total. The number of Topliss-reactive ketones (excluding diaryl/α,β-unsaturated/α-hetero) is 1. The van der Waals surface area contributed by atoms with Crippen molar-refractivity contribution in [3.05, 3.63) is 69.3 Å². The largest absolute Gasteiger partial charge is 0.445 e. The standard InChI is InChI=1S/C24H29ClINO3/c1-24(22(28)17-25,20-12-9-13-21(26)16-20)14-7-4-8-15-27(2)23(29)30-18-19-10-5-3-6-11-19/h3,5-6,9-13,16H,4,7-8,14-15,17-18H2,1-2H3. The van der Waals surface area contributed by atoms with Crippen LogP contribution in [0.2, 0.25) is 0 Å². The Morgan fingerprint density at radius 3 is 2.47 bits per heavy atom. The van der Waals surface area contributed by atoms with Crippen molar-refractivity contribution >= 4 is 46.1 Å². The van der Waals surface area contributed by atoms with Crippen molar-refractivity contribution in [2.75, 3.05) is 19.5 Å². The van der Waals surface area contributed by atoms with Gasteiger partial charge in [0.05, 0.1) is 11.3 Å². The molecule has 0 bridgehead atoms. The number of benzene rings is 2. The molecule has 1 unspecified atom stereocenters. The minimum absolute atomic E-state index is 0.0119. The van der Waals surface area contributed by atoms with Gasteiger partial charge in [-0.3, -0.25) is 4.79 Å². The quantitative estimate of drug-likeness (QED) is 0.194. The summed E-state index contributed by atoms with van der Waals surface area (Å²) >= 11 is 8.17. The molecule has 1 atom stereocenters. The highest BCUT2D eigenvalue weighted by molar-refractivity contribution is 14.1. The molecule has 0 aliphatic heterocycles. The zero-order valence-electron chi connectivity index (χ0n) is 17.6. The van der Waals surface area contributed by atoms with Crippen molar-refractivity contribution in [1.29, 1.82) is 0 Å². The first-order valence-corrected chi connectivity index (χ1v) is 11.8. The van der Waals surface area contributed by atoms with Gasteiger partial charge in [-0.25, -0.2) is 4.79 Å². The number of hydrogen-bond donors (Lipinski definition) is 0. The average Bonchev–Trinajstić information content (AvgIpc) is 2.76. The number of hydrogen-bond acceptors (Lipinski definition) is 3. The molecule has 0 radical (unpaired) electrons. The molecule has 30 heavy (non-hydrogen) atoms. The SMILES string of the molecule is CN(CCCCCC(C)(C(=O)CCl)c1cccc(I)c1)C(=O)OCc1ccccc1. The lowest BCUT2D eigenvalue weighted by Gasteiger charge is -2.28. The zero-order valence-corrected chi connectivity index (χ0v) is 20.5. The van der Waals surface area contributed by atoms with Gasteiger partial charge >= 0.3 is 6.09 Å². The highest BCUT2D eigenvalue weighted by atomic mass is 127. The second-order valence-electron chi connectivity index (χ2n) is 7.67. The molecule has 0 aliphatic rings. The third-order valence-electron chi connectivity index (χ3n) is 5.39. The van der Waals surface area contributed by atoms with E-state index in [2.05, 4.69) is 28.7 Å². The number of rotatable bonds is 11. The van der Waals surface area contributed by atoms with Gasteiger partial charge in [-0.05, 0) is 65.6 Å². The van der Waals surface area contributed by atoms with Crippen molar-refractivity contribution in [3.8, 4) is 0 Å². The molecule has 2 aromatic rings. The molecule has 0 aromatic heterocycles. The molecule has 0 saturated heterocycles. The molecule has 0 aliphatic carbocycles. The lowest BCUT2D eigenvalue weighted by Crippen LogP contribution is -2.34. The maximum Gasteiger partial charge on any atom is 0.409 e. The van der Waals surface area contributed by atoms with Crippen LogP contribution in [0.1, 0.15) is 43.7 Å². The van der Waals surface area contributed by atoms with Crippen LogP contribution in [0.15, 0.2) is 54.6 Å². The number of ether oxygens (including phenoxy) is 1. The summed E-state index contributed by atoms with van der Waals surface area (Å²) in [5.41, 5.74) is 1.41. The fourth-order valence-electron chi connectivity index (χ4n) is 3.35. The van der Waals surface area contributed by atoms with Gasteiger partial charge in [0.2, 0.25) is 0 Å². The van der Waals surface area contributed by atoms with E-state index in [1.54, 1.807) is 11.9 Å². The van der Waals surface area contributed by atoms with Crippen molar-refractivity contribution in [2.24, 2.45) is 0 Å². The highest BCUT2D eigenvalue weighted by Crippen LogP contribution is 2.32. The van der Waals surface area contributed by atoms with Crippen LogP contribution in [0.4, 0.5) is 4.79 Å². The molecule has 6 heteroatoms. The molecule has 0 spiro atoms. The van der Waals surface area contributed by atoms with Crippen molar-refractivity contribution < 1.29 is 14.3 Å². The Bertz CT molecular complexity index is 830. The molecular weight excluding hydrogens is 513 g/mol. The van der Waals surface area contributed by atoms with Gasteiger partial charge in [-0.1, -0.05) is 55.3 Å². The third-order valence-corrected chi connectivity index (χ3v) is 6.30. The van der Waals surface area contributed by atoms with E-state index < -0.39 is 5.41 Å². The van der Waals surface area contributed by atoms with Gasteiger partial charge in [0, 0.05) is 17.2 Å². The Balaban J connectivity index is 1.78. The van der Waals surface area contributed by atoms with Crippen molar-refractivity contribution in [2.45, 2.75) is 44.6 Å². The van der Waals surface area contributed by atoms with E-state index in [9.17, 15) is 9.59 Å². The maximum absolute atomic E-state index is 12.6. The van der Waals surface area contributed by atoms with Crippen LogP contribution in [-0.2, 0) is 21.6 Å². The summed E-state index contributed by atoms with van der Waals surface area (Å²) in [6, 6.07) is 17.7. The van der Waals surface area contributed by atoms with E-state index in [-0.39, 0.29) is 24.4 Å². The lowest BCUT2D eigenvalue weighted by atomic mass is 9.75. The number of nitrogens with zero attached hydrogens (tertiary/aromatic N) is 1. The number of ketones is 1. The molecule has 0 saturated carbocycles. The summed E-state index contributed by atoms with van der Waals surface area (Å²) in [4.78, 5) is 26.3. The van der Waals surface area contributed by atoms with E-state index in [1.807, 2.05) is 55.5 Å². The Hall–Kier alpha value is -1.60. The Morgan fingerprint density at radius 1 is 1.07 bits per heavy atom. The first-order valence-electron chi connectivity index (χ1n) is 10.1. The van der Waals surface area contributed by atoms with E-state index in [1.165, 1.54) is 0 Å². The van der Waals surface area contributed by atoms with Crippen LogP contribution in [0.5, 0.6) is 0 Å². The first kappa shape index (κ1) is 24.7. The third kappa shape index (κ3) is 7.27. The van der Waals surface area contributed by atoms with E-state index in [0.717, 1.165) is 40.4 Å². The van der Waals surface area contributed by atoms with Crippen molar-refractivity contribution in [1.82, 2.24) is 4.90 Å². The van der Waals surface area contributed by atoms with Crippen LogP contribution in [0.25, 0.3) is 0 Å². The predicted molar refractivity (Wildman–Crippen MR) is 130 cm³/mol. The van der Waals surface area contributed by atoms with E-state index in [0.29, 0.717) is 6.54 Å². The smallest absolute Gasteiger partial charge is 0.409 e. The molecule has 0 fully saturated rings. The molecule has 2 aromatic carbocycles. The number of carbonyl (C=O) groups excluding carboxylic acids is 2. The fraction of sp³-hybridized carbons (Fsp3) is 0.417. The number of carbonyl (C=O) groups is 2. The lowest BCUT2D eigenvalue weighted by molar-refractivity contribution is -0.121. The molecule has 0 heterocycles. The van der Waals surface area contributed by atoms with Crippen molar-refractivity contribution in [3.63, 3.8) is 0 Å². The fourth-order valence-corrected chi connectivity index (χ4v) is 4.19. The van der Waals surface area contributed by atoms with Gasteiger partial charge in [0.25, 0.3) is 0 Å². The first-order chi connectivity index (χ1) is 14.4. The second-order valence-corrected chi connectivity index (χ2v) is 9.18. The molecule has 0 N–H and O–H groups in total. The van der Waals surface area contributed by atoms with E-state index in [4.69, 9.17) is 16.3 Å². The summed E-state index contributed by atoms with van der Waals surface area (Å²) < 4.78 is 6.45. The summed E-state index contributed by atoms with van der Waals surface area (Å²) in [5.74, 6) is 0.0607. The number of unbranched alkanes of at least 4 members (excludes halogenated alkanes) is 2. The van der Waals surface area contributed by atoms with Crippen LogP contribution < -0.4 is 0 Å². The predicted octanol–water partition coefficient (Wildman–Crippen LogP) is 6.19. The normalized spacial score (nSPS) is 12.8. The summed E-state index contributed by atoms with van der Waals surface area (Å²) in [7, 11) is 1.75. The Morgan fingerprint density at radius 2 is 1.80 bits per heavy atom. The number of alkyl halides is 1. The van der Waals surface area contributed by atoms with E-state index >= 15 is 0 Å². The topological polar surface area (TPSA) is 46.6 Å². The average molecular weight is 542 g/mol. The minimum atomic E-state index is -0.580. The van der Waals surface area contributed by atoms with Gasteiger partial charge in [-0.2, -0.15) is 0 Å². The van der Waals surface area contributed by atoms with Gasteiger partial charge in [-0.15, -0.1) is 11.6 Å². The van der Waals surface area contributed by atoms with Gasteiger partial charge in [0.1, 0.15) is 6.61 Å². The Labute approximate surface area is 198 Å². The number of amides is 1. The minimum Gasteiger partial charge on any atom is -0.445 e. The van der Waals surface area contributed by atoms with Crippen LogP contribution in [0.3, 0.4) is 0 Å². The molecule has 2 rings (SSSR count). The zero-order chi connectivity index (χ0) is 22.0. The van der Waals surface area contributed by atoms with Crippen LogP contribution >= 0.6 is 34.2 Å². The molecule has 162 valence electrons. The van der Waals surface area contributed by atoms with Crippen LogP contribution in [-0.4, -0.2) is 36.2 Å². The summed E-state index contributed by atoms with van der Waals surface area (Å²) in [6.45, 7) is 2.88. The second kappa shape index (κ2) is 12.3. The molecule has 1 amide bonds. The van der Waals surface area contributed by atoms with Gasteiger partial charge < -0.3 is 9.64 Å². The summed E-state index contributed by atoms with van der Waals surface area (Å²) in [6.07, 6.45) is 3.08. The monoisotopic (exact) mass is 541 g/mol. The highest BCUT2D eigenvalue weighted by Gasteiger charge is 2.33.